The van der Waals surface area contributed by atoms with Crippen LogP contribution >= 0.6 is 0 Å². The molecule has 2 aliphatic carbocycles. The van der Waals surface area contributed by atoms with Gasteiger partial charge in [0.05, 0.1) is 16.8 Å². The lowest BCUT2D eigenvalue weighted by molar-refractivity contribution is 0.793. The van der Waals surface area contributed by atoms with E-state index in [-0.39, 0.29) is 0 Å². The number of fused-ring (bicyclic) bond motifs is 12. The summed E-state index contributed by atoms with van der Waals surface area (Å²) >= 11 is 0. The third-order valence-corrected chi connectivity index (χ3v) is 12.8. The Morgan fingerprint density at radius 1 is 0.295 bits per heavy atom. The van der Waals surface area contributed by atoms with E-state index < -0.39 is 5.41 Å². The van der Waals surface area contributed by atoms with Crippen molar-refractivity contribution in [3.05, 3.63) is 265 Å². The van der Waals surface area contributed by atoms with E-state index in [2.05, 4.69) is 252 Å². The van der Waals surface area contributed by atoms with Crippen LogP contribution in [0.5, 0.6) is 0 Å². The predicted octanol–water partition coefficient (Wildman–Crippen LogP) is 15.8. The van der Waals surface area contributed by atoms with Gasteiger partial charge in [0.2, 0.25) is 0 Å². The van der Waals surface area contributed by atoms with Crippen molar-refractivity contribution in [2.24, 2.45) is 0 Å². The van der Waals surface area contributed by atoms with Gasteiger partial charge < -0.3 is 9.80 Å². The molecule has 0 fully saturated rings. The zero-order valence-corrected chi connectivity index (χ0v) is 33.5. The lowest BCUT2D eigenvalue weighted by atomic mass is 9.69. The van der Waals surface area contributed by atoms with Gasteiger partial charge in [-0.25, -0.2) is 0 Å². The van der Waals surface area contributed by atoms with Crippen LogP contribution in [0.2, 0.25) is 0 Å². The summed E-state index contributed by atoms with van der Waals surface area (Å²) in [6.45, 7) is 0. The second kappa shape index (κ2) is 14.1. The molecule has 286 valence electrons. The fourth-order valence-electron chi connectivity index (χ4n) is 10.4. The minimum absolute atomic E-state index is 0.616. The molecule has 0 radical (unpaired) electrons. The third-order valence-electron chi connectivity index (χ3n) is 12.8. The van der Waals surface area contributed by atoms with E-state index in [0.717, 1.165) is 28.4 Å². The standard InChI is InChI=1S/C59H40N2/c1-5-21-41(22-6-1)47-30-17-20-36-55(47)61(45-28-11-4-12-29-45)56-39-42-23-13-14-31-48(42)57-50-33-16-19-35-53(50)59(58(56)57)52-34-18-15-32-49(52)51-40-46(37-38-54(51)59)60(43-24-7-2-8-25-43)44-26-9-3-10-27-44/h1-40H. The van der Waals surface area contributed by atoms with Gasteiger partial charge in [-0.1, -0.05) is 182 Å². The summed E-state index contributed by atoms with van der Waals surface area (Å²) in [6, 6.07) is 89.0. The Labute approximate surface area is 356 Å². The number of para-hydroxylation sites is 4. The SMILES string of the molecule is c1ccc(-c2ccccc2N(c2ccccc2)c2cc3ccccc3c3c2C2(c4ccccc4-c4cc(N(c5ccccc5)c5ccccc5)ccc42)c2ccccc2-3)cc1. The Balaban J connectivity index is 1.20. The second-order valence-electron chi connectivity index (χ2n) is 16.0. The van der Waals surface area contributed by atoms with Crippen LogP contribution in [0.3, 0.4) is 0 Å². The van der Waals surface area contributed by atoms with E-state index in [4.69, 9.17) is 0 Å². The van der Waals surface area contributed by atoms with Crippen LogP contribution in [-0.2, 0) is 5.41 Å². The van der Waals surface area contributed by atoms with Gasteiger partial charge in [-0.2, -0.15) is 0 Å². The van der Waals surface area contributed by atoms with Gasteiger partial charge in [0.1, 0.15) is 0 Å². The van der Waals surface area contributed by atoms with Crippen LogP contribution in [0.4, 0.5) is 34.1 Å². The largest absolute Gasteiger partial charge is 0.310 e. The molecule has 2 heteroatoms. The zero-order valence-electron chi connectivity index (χ0n) is 33.5. The van der Waals surface area contributed by atoms with E-state index in [1.165, 1.54) is 72.1 Å². The van der Waals surface area contributed by atoms with Gasteiger partial charge >= 0.3 is 0 Å². The van der Waals surface area contributed by atoms with E-state index >= 15 is 0 Å². The molecule has 1 spiro atoms. The molecule has 61 heavy (non-hydrogen) atoms. The Bertz CT molecular complexity index is 3210. The summed E-state index contributed by atoms with van der Waals surface area (Å²) < 4.78 is 0. The smallest absolute Gasteiger partial charge is 0.0746 e. The molecule has 0 saturated carbocycles. The average Bonchev–Trinajstić information content (AvgIpc) is 3.81. The van der Waals surface area contributed by atoms with Crippen molar-refractivity contribution in [2.45, 2.75) is 5.41 Å². The third kappa shape index (κ3) is 5.29. The topological polar surface area (TPSA) is 6.48 Å². The molecule has 1 unspecified atom stereocenters. The summed E-state index contributed by atoms with van der Waals surface area (Å²) in [5.41, 5.74) is 18.8. The van der Waals surface area contributed by atoms with Crippen molar-refractivity contribution in [3.63, 3.8) is 0 Å². The number of benzene rings is 10. The minimum Gasteiger partial charge on any atom is -0.310 e. The van der Waals surface area contributed by atoms with Crippen LogP contribution in [0, 0.1) is 0 Å². The first-order valence-electron chi connectivity index (χ1n) is 21.1. The van der Waals surface area contributed by atoms with Gasteiger partial charge in [-0.15, -0.1) is 0 Å². The van der Waals surface area contributed by atoms with Gasteiger partial charge in [0.15, 0.2) is 0 Å². The first-order valence-corrected chi connectivity index (χ1v) is 21.1. The van der Waals surface area contributed by atoms with Crippen LogP contribution in [0.1, 0.15) is 22.3 Å². The van der Waals surface area contributed by atoms with Crippen molar-refractivity contribution in [2.75, 3.05) is 9.80 Å². The molecule has 0 aliphatic heterocycles. The first-order chi connectivity index (χ1) is 30.3. The molecule has 10 aromatic rings. The molecule has 12 rings (SSSR count). The minimum atomic E-state index is -0.616. The molecule has 2 aliphatic rings. The molecule has 0 aromatic heterocycles. The maximum absolute atomic E-state index is 2.53. The zero-order chi connectivity index (χ0) is 40.3. The van der Waals surface area contributed by atoms with Gasteiger partial charge in [0.25, 0.3) is 0 Å². The van der Waals surface area contributed by atoms with E-state index in [1.807, 2.05) is 0 Å². The monoisotopic (exact) mass is 776 g/mol. The summed E-state index contributed by atoms with van der Waals surface area (Å²) in [5.74, 6) is 0. The Morgan fingerprint density at radius 2 is 0.787 bits per heavy atom. The van der Waals surface area contributed by atoms with E-state index in [1.54, 1.807) is 0 Å². The van der Waals surface area contributed by atoms with Crippen molar-refractivity contribution < 1.29 is 0 Å². The van der Waals surface area contributed by atoms with Crippen LogP contribution < -0.4 is 9.80 Å². The summed E-state index contributed by atoms with van der Waals surface area (Å²) in [5, 5.41) is 2.47. The molecule has 2 nitrogen and oxygen atoms in total. The Hall–Kier alpha value is -7.94. The highest BCUT2D eigenvalue weighted by molar-refractivity contribution is 6.11. The molecule has 0 saturated heterocycles. The first kappa shape index (κ1) is 35.0. The fourth-order valence-corrected chi connectivity index (χ4v) is 10.4. The van der Waals surface area contributed by atoms with Crippen LogP contribution in [0.25, 0.3) is 44.2 Å². The molecule has 0 amide bonds. The van der Waals surface area contributed by atoms with Crippen molar-refractivity contribution in [3.8, 4) is 33.4 Å². The highest BCUT2D eigenvalue weighted by atomic mass is 15.2. The van der Waals surface area contributed by atoms with Gasteiger partial charge in [0, 0.05) is 33.9 Å². The maximum Gasteiger partial charge on any atom is 0.0746 e. The number of anilines is 6. The van der Waals surface area contributed by atoms with Crippen molar-refractivity contribution in [1.82, 2.24) is 0 Å². The van der Waals surface area contributed by atoms with Gasteiger partial charge in [-0.3, -0.25) is 0 Å². The van der Waals surface area contributed by atoms with Gasteiger partial charge in [-0.05, 0) is 116 Å². The molecule has 10 aromatic carbocycles. The van der Waals surface area contributed by atoms with Crippen LogP contribution in [0.15, 0.2) is 243 Å². The highest BCUT2D eigenvalue weighted by Gasteiger charge is 2.54. The van der Waals surface area contributed by atoms with Crippen molar-refractivity contribution >= 4 is 44.9 Å². The maximum atomic E-state index is 2.53. The molecular formula is C59H40N2. The quantitative estimate of drug-likeness (QED) is 0.159. The summed E-state index contributed by atoms with van der Waals surface area (Å²) in [7, 11) is 0. The number of nitrogens with zero attached hydrogens (tertiary/aromatic N) is 2. The van der Waals surface area contributed by atoms with E-state index in [0.29, 0.717) is 0 Å². The lowest BCUT2D eigenvalue weighted by Crippen LogP contribution is -2.28. The number of rotatable bonds is 7. The Kier molecular flexibility index (Phi) is 8.11. The average molecular weight is 777 g/mol. The van der Waals surface area contributed by atoms with Crippen LogP contribution in [-0.4, -0.2) is 0 Å². The number of hydrogen-bond donors (Lipinski definition) is 0. The molecule has 0 bridgehead atoms. The lowest BCUT2D eigenvalue weighted by Gasteiger charge is -2.37. The number of hydrogen-bond acceptors (Lipinski definition) is 2. The van der Waals surface area contributed by atoms with E-state index in [9.17, 15) is 0 Å². The highest BCUT2D eigenvalue weighted by Crippen LogP contribution is 2.67. The second-order valence-corrected chi connectivity index (χ2v) is 16.0. The molecule has 1 atom stereocenters. The fraction of sp³-hybridized carbons (Fsp3) is 0.0169. The Morgan fingerprint density at radius 3 is 1.46 bits per heavy atom. The molecule has 0 heterocycles. The summed E-state index contributed by atoms with van der Waals surface area (Å²) in [4.78, 5) is 4.91. The molecular weight excluding hydrogens is 737 g/mol. The normalized spacial score (nSPS) is 14.3. The molecule has 0 N–H and O–H groups in total. The summed E-state index contributed by atoms with van der Waals surface area (Å²) in [6.07, 6.45) is 0. The predicted molar refractivity (Wildman–Crippen MR) is 255 cm³/mol. The van der Waals surface area contributed by atoms with Crippen molar-refractivity contribution in [1.29, 1.82) is 0 Å².